The third-order valence-corrected chi connectivity index (χ3v) is 5.92. The molecule has 0 unspecified atom stereocenters. The summed E-state index contributed by atoms with van der Waals surface area (Å²) in [5, 5.41) is 23.2. The predicted molar refractivity (Wildman–Crippen MR) is 113 cm³/mol. The van der Waals surface area contributed by atoms with Crippen molar-refractivity contribution in [1.82, 2.24) is 15.0 Å². The van der Waals surface area contributed by atoms with E-state index < -0.39 is 6.09 Å². The Hall–Kier alpha value is -3.60. The van der Waals surface area contributed by atoms with Crippen LogP contribution in [0.1, 0.15) is 41.8 Å². The second kappa shape index (κ2) is 9.04. The van der Waals surface area contributed by atoms with Crippen molar-refractivity contribution in [2.24, 2.45) is 5.92 Å². The number of piperidine rings is 1. The molecule has 3 heterocycles. The van der Waals surface area contributed by atoms with Crippen LogP contribution in [0.3, 0.4) is 0 Å². The lowest BCUT2D eigenvalue weighted by molar-refractivity contribution is 0.123. The summed E-state index contributed by atoms with van der Waals surface area (Å²) in [5.74, 6) is 1.22. The summed E-state index contributed by atoms with van der Waals surface area (Å²) < 4.78 is 11.5. The molecule has 1 saturated heterocycles. The van der Waals surface area contributed by atoms with Crippen LogP contribution in [-0.4, -0.2) is 39.3 Å². The SMILES string of the molecule is Cc1c(OCc2ccc(C#N)cn2)ccc2c(CCC3CCN(C(=O)O)CC3)noc12. The Kier molecular flexibility index (Phi) is 6.03. The minimum Gasteiger partial charge on any atom is -0.487 e. The van der Waals surface area contributed by atoms with E-state index in [1.807, 2.05) is 25.1 Å². The summed E-state index contributed by atoms with van der Waals surface area (Å²) in [6, 6.07) is 9.44. The van der Waals surface area contributed by atoms with Crippen molar-refractivity contribution in [2.45, 2.75) is 39.2 Å². The van der Waals surface area contributed by atoms with E-state index in [0.29, 0.717) is 36.9 Å². The Morgan fingerprint density at radius 2 is 2.13 bits per heavy atom. The number of benzene rings is 1. The number of nitriles is 1. The quantitative estimate of drug-likeness (QED) is 0.632. The van der Waals surface area contributed by atoms with Crippen LogP contribution < -0.4 is 4.74 Å². The molecule has 8 heteroatoms. The molecule has 0 saturated carbocycles. The molecule has 31 heavy (non-hydrogen) atoms. The fraction of sp³-hybridized carbons (Fsp3) is 0.391. The van der Waals surface area contributed by atoms with Gasteiger partial charge in [0.25, 0.3) is 0 Å². The highest BCUT2D eigenvalue weighted by molar-refractivity contribution is 5.84. The highest BCUT2D eigenvalue weighted by Gasteiger charge is 2.23. The maximum absolute atomic E-state index is 11.0. The summed E-state index contributed by atoms with van der Waals surface area (Å²) in [7, 11) is 0. The van der Waals surface area contributed by atoms with Crippen LogP contribution in [0.4, 0.5) is 4.79 Å². The number of amides is 1. The van der Waals surface area contributed by atoms with Crippen molar-refractivity contribution in [3.63, 3.8) is 0 Å². The molecule has 0 bridgehead atoms. The fourth-order valence-corrected chi connectivity index (χ4v) is 3.99. The average molecular weight is 420 g/mol. The topological polar surface area (TPSA) is 112 Å². The minimum absolute atomic E-state index is 0.300. The number of fused-ring (bicyclic) bond motifs is 1. The van der Waals surface area contributed by atoms with E-state index in [-0.39, 0.29) is 0 Å². The molecule has 1 N–H and O–H groups in total. The highest BCUT2D eigenvalue weighted by atomic mass is 16.5. The van der Waals surface area contributed by atoms with E-state index in [1.54, 1.807) is 12.1 Å². The number of ether oxygens (including phenoxy) is 1. The number of carbonyl (C=O) groups is 1. The number of aryl methyl sites for hydroxylation is 2. The lowest BCUT2D eigenvalue weighted by atomic mass is 9.91. The Labute approximate surface area is 180 Å². The van der Waals surface area contributed by atoms with Crippen LogP contribution in [0.5, 0.6) is 5.75 Å². The van der Waals surface area contributed by atoms with Crippen molar-refractivity contribution in [2.75, 3.05) is 13.1 Å². The zero-order valence-corrected chi connectivity index (χ0v) is 17.4. The summed E-state index contributed by atoms with van der Waals surface area (Å²) in [4.78, 5) is 16.8. The highest BCUT2D eigenvalue weighted by Crippen LogP contribution is 2.31. The predicted octanol–water partition coefficient (Wildman–Crippen LogP) is 4.30. The van der Waals surface area contributed by atoms with Gasteiger partial charge >= 0.3 is 6.09 Å². The van der Waals surface area contributed by atoms with E-state index in [9.17, 15) is 4.79 Å². The molecule has 8 nitrogen and oxygen atoms in total. The Bertz CT molecular complexity index is 1110. The van der Waals surface area contributed by atoms with Gasteiger partial charge in [0.05, 0.1) is 17.0 Å². The second-order valence-electron chi connectivity index (χ2n) is 7.89. The van der Waals surface area contributed by atoms with Gasteiger partial charge in [-0.1, -0.05) is 5.16 Å². The number of rotatable bonds is 6. The molecule has 0 spiro atoms. The largest absolute Gasteiger partial charge is 0.487 e. The standard InChI is InChI=1S/C23H24N4O4/c1-15-21(30-14-18-4-2-17(12-24)13-25-18)7-5-19-20(26-31-22(15)19)6-3-16-8-10-27(11-9-16)23(28)29/h2,4-5,7,13,16H,3,6,8-11,14H2,1H3,(H,28,29). The van der Waals surface area contributed by atoms with Gasteiger partial charge in [0.2, 0.25) is 0 Å². The molecule has 1 aliphatic rings. The van der Waals surface area contributed by atoms with E-state index in [0.717, 1.165) is 53.6 Å². The summed E-state index contributed by atoms with van der Waals surface area (Å²) in [6.45, 7) is 3.45. The lowest BCUT2D eigenvalue weighted by Crippen LogP contribution is -2.37. The van der Waals surface area contributed by atoms with E-state index in [4.69, 9.17) is 19.6 Å². The number of aromatic nitrogens is 2. The third-order valence-electron chi connectivity index (χ3n) is 5.92. The molecule has 160 valence electrons. The molecular formula is C23H24N4O4. The van der Waals surface area contributed by atoms with Crippen LogP contribution in [0.25, 0.3) is 11.0 Å². The van der Waals surface area contributed by atoms with Gasteiger partial charge in [0, 0.05) is 30.2 Å². The molecule has 0 aliphatic carbocycles. The Balaban J connectivity index is 1.38. The van der Waals surface area contributed by atoms with E-state index in [1.165, 1.54) is 11.1 Å². The van der Waals surface area contributed by atoms with Crippen molar-refractivity contribution in [3.05, 3.63) is 53.0 Å². The maximum Gasteiger partial charge on any atom is 0.407 e. The Morgan fingerprint density at radius 3 is 2.81 bits per heavy atom. The molecule has 0 radical (unpaired) electrons. The van der Waals surface area contributed by atoms with Gasteiger partial charge in [0.1, 0.15) is 18.4 Å². The molecule has 0 atom stereocenters. The van der Waals surface area contributed by atoms with Gasteiger partial charge in [-0.3, -0.25) is 4.98 Å². The summed E-state index contributed by atoms with van der Waals surface area (Å²) >= 11 is 0. The molecule has 1 fully saturated rings. The number of nitrogens with zero attached hydrogens (tertiary/aromatic N) is 4. The fourth-order valence-electron chi connectivity index (χ4n) is 3.99. The van der Waals surface area contributed by atoms with E-state index in [2.05, 4.69) is 10.1 Å². The van der Waals surface area contributed by atoms with Gasteiger partial charge in [0.15, 0.2) is 5.58 Å². The van der Waals surface area contributed by atoms with Crippen molar-refractivity contribution >= 4 is 17.1 Å². The van der Waals surface area contributed by atoms with Crippen molar-refractivity contribution < 1.29 is 19.2 Å². The molecule has 1 aliphatic heterocycles. The molecule has 1 aromatic carbocycles. The van der Waals surface area contributed by atoms with Gasteiger partial charge in [-0.2, -0.15) is 5.26 Å². The monoisotopic (exact) mass is 420 g/mol. The van der Waals surface area contributed by atoms with Crippen LogP contribution in [0.15, 0.2) is 35.0 Å². The van der Waals surface area contributed by atoms with Crippen LogP contribution in [0, 0.1) is 24.2 Å². The number of carboxylic acid groups (broad SMARTS) is 1. The smallest absolute Gasteiger partial charge is 0.407 e. The number of pyridine rings is 1. The number of hydrogen-bond acceptors (Lipinski definition) is 6. The van der Waals surface area contributed by atoms with Crippen molar-refractivity contribution in [1.29, 1.82) is 5.26 Å². The van der Waals surface area contributed by atoms with Gasteiger partial charge in [-0.05, 0) is 62.8 Å². The van der Waals surface area contributed by atoms with E-state index >= 15 is 0 Å². The number of likely N-dealkylation sites (tertiary alicyclic amines) is 1. The first kappa shape index (κ1) is 20.7. The maximum atomic E-state index is 11.0. The normalized spacial score (nSPS) is 14.5. The van der Waals surface area contributed by atoms with Crippen molar-refractivity contribution in [3.8, 4) is 11.8 Å². The van der Waals surface area contributed by atoms with Crippen LogP contribution in [-0.2, 0) is 13.0 Å². The Morgan fingerprint density at radius 1 is 1.32 bits per heavy atom. The molecule has 1 amide bonds. The van der Waals surface area contributed by atoms with Crippen LogP contribution in [0.2, 0.25) is 0 Å². The molecule has 3 aromatic rings. The van der Waals surface area contributed by atoms with Gasteiger partial charge in [-0.25, -0.2) is 4.79 Å². The molecular weight excluding hydrogens is 396 g/mol. The molecule has 2 aromatic heterocycles. The average Bonchev–Trinajstić information content (AvgIpc) is 3.21. The second-order valence-corrected chi connectivity index (χ2v) is 7.89. The van der Waals surface area contributed by atoms with Gasteiger partial charge < -0.3 is 19.3 Å². The minimum atomic E-state index is -0.829. The number of hydrogen-bond donors (Lipinski definition) is 1. The summed E-state index contributed by atoms with van der Waals surface area (Å²) in [5.41, 5.74) is 3.80. The lowest BCUT2D eigenvalue weighted by Gasteiger charge is -2.29. The zero-order chi connectivity index (χ0) is 21.8. The first-order valence-corrected chi connectivity index (χ1v) is 10.4. The van der Waals surface area contributed by atoms with Gasteiger partial charge in [-0.15, -0.1) is 0 Å². The molecule has 4 rings (SSSR count). The third kappa shape index (κ3) is 4.61. The summed E-state index contributed by atoms with van der Waals surface area (Å²) in [6.07, 6.45) is 4.26. The first-order valence-electron chi connectivity index (χ1n) is 10.4. The zero-order valence-electron chi connectivity index (χ0n) is 17.4. The van der Waals surface area contributed by atoms with Crippen LogP contribution >= 0.6 is 0 Å². The first-order chi connectivity index (χ1) is 15.0.